The number of sulfonamides is 1. The molecule has 3 rings (SSSR count). The third-order valence-corrected chi connectivity index (χ3v) is 8.75. The Labute approximate surface area is 163 Å². The molecule has 2 aromatic rings. The third kappa shape index (κ3) is 4.89. The molecule has 0 spiro atoms. The summed E-state index contributed by atoms with van der Waals surface area (Å²) in [4.78, 5) is 15.1. The van der Waals surface area contributed by atoms with Crippen molar-refractivity contribution in [2.45, 2.75) is 10.8 Å². The SMILES string of the molecule is O=C(CN1CCN(S(=O)(=O)c2ccc(Br)s2)CC1)NCc1cccs1. The number of amides is 1. The van der Waals surface area contributed by atoms with E-state index < -0.39 is 10.0 Å². The van der Waals surface area contributed by atoms with Gasteiger partial charge in [-0.2, -0.15) is 4.31 Å². The smallest absolute Gasteiger partial charge is 0.252 e. The molecule has 0 bridgehead atoms. The summed E-state index contributed by atoms with van der Waals surface area (Å²) >= 11 is 6.12. The first-order chi connectivity index (χ1) is 11.9. The monoisotopic (exact) mass is 463 g/mol. The average molecular weight is 464 g/mol. The van der Waals surface area contributed by atoms with Crippen LogP contribution in [0.3, 0.4) is 0 Å². The van der Waals surface area contributed by atoms with E-state index in [2.05, 4.69) is 21.2 Å². The van der Waals surface area contributed by atoms with Crippen LogP contribution in [0.5, 0.6) is 0 Å². The van der Waals surface area contributed by atoms with Crippen molar-refractivity contribution in [3.8, 4) is 0 Å². The summed E-state index contributed by atoms with van der Waals surface area (Å²) in [5.41, 5.74) is 0. The molecule has 25 heavy (non-hydrogen) atoms. The molecule has 0 saturated carbocycles. The van der Waals surface area contributed by atoms with Crippen LogP contribution in [-0.4, -0.2) is 56.3 Å². The van der Waals surface area contributed by atoms with E-state index >= 15 is 0 Å². The second kappa shape index (κ2) is 8.28. The minimum Gasteiger partial charge on any atom is -0.350 e. The van der Waals surface area contributed by atoms with E-state index in [-0.39, 0.29) is 5.91 Å². The summed E-state index contributed by atoms with van der Waals surface area (Å²) in [6.07, 6.45) is 0. The predicted octanol–water partition coefficient (Wildman–Crippen LogP) is 2.19. The van der Waals surface area contributed by atoms with Crippen LogP contribution in [0, 0.1) is 0 Å². The normalized spacial score (nSPS) is 16.8. The number of halogens is 1. The molecule has 1 amide bonds. The van der Waals surface area contributed by atoms with Crippen molar-refractivity contribution in [1.82, 2.24) is 14.5 Å². The third-order valence-electron chi connectivity index (χ3n) is 3.88. The van der Waals surface area contributed by atoms with E-state index in [9.17, 15) is 13.2 Å². The summed E-state index contributed by atoms with van der Waals surface area (Å²) in [6, 6.07) is 7.30. The maximum absolute atomic E-state index is 12.6. The van der Waals surface area contributed by atoms with Gasteiger partial charge in [0.25, 0.3) is 10.0 Å². The number of piperazine rings is 1. The lowest BCUT2D eigenvalue weighted by atomic mass is 10.3. The molecule has 0 aromatic carbocycles. The van der Waals surface area contributed by atoms with E-state index in [1.54, 1.807) is 23.5 Å². The Kier molecular flexibility index (Phi) is 6.29. The first-order valence-electron chi connectivity index (χ1n) is 7.72. The first-order valence-corrected chi connectivity index (χ1v) is 11.6. The molecule has 1 aliphatic heterocycles. The highest BCUT2D eigenvalue weighted by atomic mass is 79.9. The van der Waals surface area contributed by atoms with Gasteiger partial charge in [0.15, 0.2) is 0 Å². The second-order valence-electron chi connectivity index (χ2n) is 5.59. The van der Waals surface area contributed by atoms with Gasteiger partial charge in [-0.15, -0.1) is 22.7 Å². The fourth-order valence-electron chi connectivity index (χ4n) is 2.55. The Morgan fingerprint density at radius 2 is 1.96 bits per heavy atom. The molecule has 1 aliphatic rings. The Bertz CT molecular complexity index is 812. The van der Waals surface area contributed by atoms with Crippen LogP contribution in [-0.2, 0) is 21.4 Å². The molecule has 0 radical (unpaired) electrons. The molecule has 1 fully saturated rings. The Morgan fingerprint density at radius 1 is 1.20 bits per heavy atom. The lowest BCUT2D eigenvalue weighted by Crippen LogP contribution is -2.50. The number of nitrogens with one attached hydrogen (secondary N) is 1. The molecule has 0 atom stereocenters. The standard InChI is InChI=1S/C15H18BrN3O3S3/c16-13-3-4-15(24-13)25(21,22)19-7-5-18(6-8-19)11-14(20)17-10-12-2-1-9-23-12/h1-4,9H,5-8,10-11H2,(H,17,20). The van der Waals surface area contributed by atoms with Gasteiger partial charge in [-0.3, -0.25) is 9.69 Å². The average Bonchev–Trinajstić information content (AvgIpc) is 3.25. The van der Waals surface area contributed by atoms with Crippen LogP contribution in [0.2, 0.25) is 0 Å². The summed E-state index contributed by atoms with van der Waals surface area (Å²) in [6.45, 7) is 2.74. The van der Waals surface area contributed by atoms with Crippen molar-refractivity contribution in [3.63, 3.8) is 0 Å². The van der Waals surface area contributed by atoms with Crippen LogP contribution >= 0.6 is 38.6 Å². The molecule has 1 N–H and O–H groups in total. The minimum atomic E-state index is -3.44. The van der Waals surface area contributed by atoms with Gasteiger partial charge in [-0.1, -0.05) is 6.07 Å². The maximum atomic E-state index is 12.6. The zero-order chi connectivity index (χ0) is 17.9. The topological polar surface area (TPSA) is 69.7 Å². The van der Waals surface area contributed by atoms with Crippen LogP contribution in [0.15, 0.2) is 37.6 Å². The highest BCUT2D eigenvalue weighted by Gasteiger charge is 2.30. The van der Waals surface area contributed by atoms with Gasteiger partial charge in [0.2, 0.25) is 5.91 Å². The summed E-state index contributed by atoms with van der Waals surface area (Å²) in [5, 5.41) is 4.88. The Balaban J connectivity index is 1.47. The van der Waals surface area contributed by atoms with Gasteiger partial charge in [0.05, 0.1) is 16.9 Å². The zero-order valence-electron chi connectivity index (χ0n) is 13.4. The summed E-state index contributed by atoms with van der Waals surface area (Å²) in [7, 11) is -3.44. The number of hydrogen-bond donors (Lipinski definition) is 1. The first kappa shape index (κ1) is 19.0. The summed E-state index contributed by atoms with van der Waals surface area (Å²) < 4.78 is 27.8. The van der Waals surface area contributed by atoms with Crippen molar-refractivity contribution < 1.29 is 13.2 Å². The second-order valence-corrected chi connectivity index (χ2v) is 11.3. The highest BCUT2D eigenvalue weighted by Crippen LogP contribution is 2.28. The lowest BCUT2D eigenvalue weighted by molar-refractivity contribution is -0.122. The highest BCUT2D eigenvalue weighted by molar-refractivity contribution is 9.11. The number of hydrogen-bond acceptors (Lipinski definition) is 6. The quantitative estimate of drug-likeness (QED) is 0.712. The van der Waals surface area contributed by atoms with Crippen LogP contribution in [0.1, 0.15) is 4.88 Å². The Morgan fingerprint density at radius 3 is 2.56 bits per heavy atom. The van der Waals surface area contributed by atoms with Gasteiger partial charge in [0, 0.05) is 31.1 Å². The molecule has 3 heterocycles. The maximum Gasteiger partial charge on any atom is 0.252 e. The predicted molar refractivity (Wildman–Crippen MR) is 103 cm³/mol. The van der Waals surface area contributed by atoms with Gasteiger partial charge < -0.3 is 5.32 Å². The van der Waals surface area contributed by atoms with Gasteiger partial charge >= 0.3 is 0 Å². The fourth-order valence-corrected chi connectivity index (χ4v) is 6.78. The van der Waals surface area contributed by atoms with Gasteiger partial charge in [-0.25, -0.2) is 8.42 Å². The van der Waals surface area contributed by atoms with Crippen molar-refractivity contribution in [2.75, 3.05) is 32.7 Å². The van der Waals surface area contributed by atoms with E-state index in [1.165, 1.54) is 15.6 Å². The minimum absolute atomic E-state index is 0.0353. The molecule has 0 aliphatic carbocycles. The molecule has 136 valence electrons. The van der Waals surface area contributed by atoms with E-state index in [1.807, 2.05) is 22.4 Å². The molecule has 2 aromatic heterocycles. The number of rotatable bonds is 6. The molecule has 10 heteroatoms. The number of carbonyl (C=O) groups is 1. The van der Waals surface area contributed by atoms with Crippen molar-refractivity contribution >= 4 is 54.5 Å². The van der Waals surface area contributed by atoms with E-state index in [0.717, 1.165) is 8.66 Å². The number of nitrogens with zero attached hydrogens (tertiary/aromatic N) is 2. The van der Waals surface area contributed by atoms with Crippen molar-refractivity contribution in [3.05, 3.63) is 38.3 Å². The largest absolute Gasteiger partial charge is 0.350 e. The van der Waals surface area contributed by atoms with Gasteiger partial charge in [0.1, 0.15) is 4.21 Å². The molecular formula is C15H18BrN3O3S3. The molecule has 0 unspecified atom stereocenters. The molecule has 6 nitrogen and oxygen atoms in total. The Hall–Kier alpha value is -0.780. The van der Waals surface area contributed by atoms with E-state index in [0.29, 0.717) is 43.5 Å². The lowest BCUT2D eigenvalue weighted by Gasteiger charge is -2.33. The zero-order valence-corrected chi connectivity index (χ0v) is 17.4. The number of carbonyl (C=O) groups excluding carboxylic acids is 1. The van der Waals surface area contributed by atoms with Crippen LogP contribution in [0.4, 0.5) is 0 Å². The molecule has 1 saturated heterocycles. The molecular weight excluding hydrogens is 446 g/mol. The number of thiophene rings is 2. The van der Waals surface area contributed by atoms with Gasteiger partial charge in [-0.05, 0) is 39.5 Å². The summed E-state index contributed by atoms with van der Waals surface area (Å²) in [5.74, 6) is -0.0353. The fraction of sp³-hybridized carbons (Fsp3) is 0.400. The van der Waals surface area contributed by atoms with E-state index in [4.69, 9.17) is 0 Å². The van der Waals surface area contributed by atoms with Crippen molar-refractivity contribution in [1.29, 1.82) is 0 Å². The van der Waals surface area contributed by atoms with Crippen LogP contribution in [0.25, 0.3) is 0 Å². The van der Waals surface area contributed by atoms with Crippen molar-refractivity contribution in [2.24, 2.45) is 0 Å². The van der Waals surface area contributed by atoms with Crippen LogP contribution < -0.4 is 5.32 Å².